The summed E-state index contributed by atoms with van der Waals surface area (Å²) < 4.78 is 5.48. The lowest BCUT2D eigenvalue weighted by molar-refractivity contribution is -0.138. The Morgan fingerprint density at radius 2 is 2.11 bits per heavy atom. The van der Waals surface area contributed by atoms with E-state index in [0.717, 1.165) is 5.56 Å². The summed E-state index contributed by atoms with van der Waals surface area (Å²) >= 11 is 5.82. The molecule has 0 bridgehead atoms. The van der Waals surface area contributed by atoms with Gasteiger partial charge in [-0.1, -0.05) is 11.6 Å². The van der Waals surface area contributed by atoms with Gasteiger partial charge in [0.25, 0.3) is 0 Å². The molecule has 6 heteroatoms. The number of hydrogen-bond donors (Lipinski definition) is 2. The maximum absolute atomic E-state index is 11.2. The van der Waals surface area contributed by atoms with Crippen LogP contribution >= 0.6 is 11.6 Å². The fraction of sp³-hybridized carbons (Fsp3) is 0.385. The third kappa shape index (κ3) is 6.10. The van der Waals surface area contributed by atoms with Crippen LogP contribution in [0.15, 0.2) is 18.2 Å². The van der Waals surface area contributed by atoms with Gasteiger partial charge in [0.1, 0.15) is 12.4 Å². The molecule has 0 spiro atoms. The van der Waals surface area contributed by atoms with Crippen molar-refractivity contribution in [2.75, 3.05) is 13.2 Å². The fourth-order valence-corrected chi connectivity index (χ4v) is 1.66. The van der Waals surface area contributed by atoms with Crippen LogP contribution in [0.3, 0.4) is 0 Å². The van der Waals surface area contributed by atoms with Crippen LogP contribution in [0.25, 0.3) is 0 Å². The molecule has 1 amide bonds. The number of rotatable bonds is 7. The molecule has 104 valence electrons. The summed E-state index contributed by atoms with van der Waals surface area (Å²) in [6.07, 6.45) is -0.182. The van der Waals surface area contributed by atoms with Gasteiger partial charge < -0.3 is 15.2 Å². The molecule has 2 N–H and O–H groups in total. The van der Waals surface area contributed by atoms with E-state index in [9.17, 15) is 9.59 Å². The summed E-state index contributed by atoms with van der Waals surface area (Å²) in [5.41, 5.74) is 0.921. The van der Waals surface area contributed by atoms with Crippen molar-refractivity contribution in [3.63, 3.8) is 0 Å². The number of aryl methyl sites for hydroxylation is 1. The second kappa shape index (κ2) is 7.63. The van der Waals surface area contributed by atoms with Gasteiger partial charge in [-0.05, 0) is 30.7 Å². The zero-order valence-corrected chi connectivity index (χ0v) is 11.4. The van der Waals surface area contributed by atoms with Crippen LogP contribution in [0, 0.1) is 6.92 Å². The summed E-state index contributed by atoms with van der Waals surface area (Å²) in [6, 6.07) is 5.29. The molecule has 1 rings (SSSR count). The minimum Gasteiger partial charge on any atom is -0.491 e. The van der Waals surface area contributed by atoms with Gasteiger partial charge in [0.05, 0.1) is 13.0 Å². The molecule has 19 heavy (non-hydrogen) atoms. The van der Waals surface area contributed by atoms with Crippen molar-refractivity contribution >= 4 is 23.5 Å². The molecular weight excluding hydrogens is 270 g/mol. The first kappa shape index (κ1) is 15.3. The highest BCUT2D eigenvalue weighted by atomic mass is 35.5. The lowest BCUT2D eigenvalue weighted by Crippen LogP contribution is -2.28. The maximum atomic E-state index is 11.2. The maximum Gasteiger partial charge on any atom is 0.303 e. The normalized spacial score (nSPS) is 10.0. The number of hydrogen-bond acceptors (Lipinski definition) is 3. The molecule has 5 nitrogen and oxygen atoms in total. The SMILES string of the molecule is Cc1cc(Cl)ccc1OCCNC(=O)CCC(=O)O. The molecule has 0 saturated carbocycles. The smallest absolute Gasteiger partial charge is 0.303 e. The average molecular weight is 286 g/mol. The zero-order valence-electron chi connectivity index (χ0n) is 10.6. The van der Waals surface area contributed by atoms with E-state index in [4.69, 9.17) is 21.4 Å². The van der Waals surface area contributed by atoms with Gasteiger partial charge in [0.2, 0.25) is 5.91 Å². The Balaban J connectivity index is 2.23. The van der Waals surface area contributed by atoms with E-state index in [2.05, 4.69) is 5.32 Å². The molecule has 1 aromatic carbocycles. The molecule has 0 fully saturated rings. The lowest BCUT2D eigenvalue weighted by atomic mass is 10.2. The highest BCUT2D eigenvalue weighted by molar-refractivity contribution is 6.30. The van der Waals surface area contributed by atoms with E-state index in [0.29, 0.717) is 23.9 Å². The molecule has 0 heterocycles. The van der Waals surface area contributed by atoms with Crippen LogP contribution in [-0.2, 0) is 9.59 Å². The molecule has 0 saturated heterocycles. The first-order chi connectivity index (χ1) is 8.99. The van der Waals surface area contributed by atoms with Crippen LogP contribution in [-0.4, -0.2) is 30.1 Å². The van der Waals surface area contributed by atoms with E-state index in [-0.39, 0.29) is 18.7 Å². The molecule has 0 atom stereocenters. The fourth-order valence-electron chi connectivity index (χ4n) is 1.44. The predicted octanol–water partition coefficient (Wildman–Crippen LogP) is 2.01. The minimum atomic E-state index is -0.983. The van der Waals surface area contributed by atoms with Gasteiger partial charge in [-0.25, -0.2) is 0 Å². The number of carbonyl (C=O) groups is 2. The Bertz CT molecular complexity index is 462. The van der Waals surface area contributed by atoms with Crippen LogP contribution < -0.4 is 10.1 Å². The number of aliphatic carboxylic acids is 1. The van der Waals surface area contributed by atoms with Gasteiger partial charge in [0.15, 0.2) is 0 Å². The molecule has 0 radical (unpaired) electrons. The topological polar surface area (TPSA) is 75.6 Å². The van der Waals surface area contributed by atoms with Gasteiger partial charge in [-0.3, -0.25) is 9.59 Å². The van der Waals surface area contributed by atoms with E-state index in [1.54, 1.807) is 18.2 Å². The van der Waals surface area contributed by atoms with E-state index in [1.807, 2.05) is 6.92 Å². The van der Waals surface area contributed by atoms with Crippen molar-refractivity contribution in [3.8, 4) is 5.75 Å². The average Bonchev–Trinajstić information content (AvgIpc) is 2.34. The number of benzene rings is 1. The largest absolute Gasteiger partial charge is 0.491 e. The highest BCUT2D eigenvalue weighted by Gasteiger charge is 2.05. The third-order valence-corrected chi connectivity index (χ3v) is 2.62. The van der Waals surface area contributed by atoms with Gasteiger partial charge in [0, 0.05) is 11.4 Å². The molecular formula is C13H16ClNO4. The zero-order chi connectivity index (χ0) is 14.3. The van der Waals surface area contributed by atoms with Crippen molar-refractivity contribution in [1.29, 1.82) is 0 Å². The Kier molecular flexibility index (Phi) is 6.15. The third-order valence-electron chi connectivity index (χ3n) is 2.38. The predicted molar refractivity (Wildman–Crippen MR) is 71.6 cm³/mol. The van der Waals surface area contributed by atoms with Crippen molar-refractivity contribution in [2.45, 2.75) is 19.8 Å². The summed E-state index contributed by atoms with van der Waals surface area (Å²) in [4.78, 5) is 21.5. The van der Waals surface area contributed by atoms with E-state index in [1.165, 1.54) is 0 Å². The van der Waals surface area contributed by atoms with Gasteiger partial charge >= 0.3 is 5.97 Å². The Labute approximate surface area is 116 Å². The molecule has 0 unspecified atom stereocenters. The summed E-state index contributed by atoms with van der Waals surface area (Å²) in [5, 5.41) is 11.7. The second-order valence-corrected chi connectivity index (χ2v) is 4.44. The van der Waals surface area contributed by atoms with Crippen LogP contribution in [0.4, 0.5) is 0 Å². The number of nitrogens with one attached hydrogen (secondary N) is 1. The van der Waals surface area contributed by atoms with Crippen LogP contribution in [0.5, 0.6) is 5.75 Å². The number of carboxylic acid groups (broad SMARTS) is 1. The summed E-state index contributed by atoms with van der Waals surface area (Å²) in [5.74, 6) is -0.564. The number of amides is 1. The monoisotopic (exact) mass is 285 g/mol. The molecule has 0 aromatic heterocycles. The van der Waals surface area contributed by atoms with Crippen molar-refractivity contribution in [2.24, 2.45) is 0 Å². The number of carboxylic acids is 1. The number of halogens is 1. The number of carbonyl (C=O) groups excluding carboxylic acids is 1. The molecule has 0 aliphatic heterocycles. The Morgan fingerprint density at radius 3 is 2.74 bits per heavy atom. The van der Waals surface area contributed by atoms with E-state index < -0.39 is 5.97 Å². The van der Waals surface area contributed by atoms with Gasteiger partial charge in [-0.2, -0.15) is 0 Å². The first-order valence-corrected chi connectivity index (χ1v) is 6.24. The highest BCUT2D eigenvalue weighted by Crippen LogP contribution is 2.21. The molecule has 0 aliphatic rings. The van der Waals surface area contributed by atoms with Crippen LogP contribution in [0.2, 0.25) is 5.02 Å². The second-order valence-electron chi connectivity index (χ2n) is 4.00. The van der Waals surface area contributed by atoms with E-state index >= 15 is 0 Å². The number of ether oxygens (including phenoxy) is 1. The minimum absolute atomic E-state index is 0.0185. The Hall–Kier alpha value is -1.75. The first-order valence-electron chi connectivity index (χ1n) is 5.86. The van der Waals surface area contributed by atoms with Crippen molar-refractivity contribution in [1.82, 2.24) is 5.32 Å². The lowest BCUT2D eigenvalue weighted by Gasteiger charge is -2.10. The molecule has 0 aliphatic carbocycles. The standard InChI is InChI=1S/C13H16ClNO4/c1-9-8-10(14)2-3-11(9)19-7-6-15-12(16)4-5-13(17)18/h2-3,8H,4-7H2,1H3,(H,15,16)(H,17,18). The van der Waals surface area contributed by atoms with Crippen LogP contribution in [0.1, 0.15) is 18.4 Å². The Morgan fingerprint density at radius 1 is 1.37 bits per heavy atom. The van der Waals surface area contributed by atoms with Gasteiger partial charge in [-0.15, -0.1) is 0 Å². The quantitative estimate of drug-likeness (QED) is 0.752. The summed E-state index contributed by atoms with van der Waals surface area (Å²) in [7, 11) is 0. The molecule has 1 aromatic rings. The van der Waals surface area contributed by atoms with Crippen molar-refractivity contribution in [3.05, 3.63) is 28.8 Å². The summed E-state index contributed by atoms with van der Waals surface area (Å²) in [6.45, 7) is 2.54. The van der Waals surface area contributed by atoms with Crippen molar-refractivity contribution < 1.29 is 19.4 Å².